The second-order valence-electron chi connectivity index (χ2n) is 6.81. The third-order valence-electron chi connectivity index (χ3n) is 4.65. The molecule has 7 heteroatoms. The van der Waals surface area contributed by atoms with E-state index in [4.69, 9.17) is 15.2 Å². The number of allylic oxidation sites excluding steroid dienone is 1. The molecule has 1 aliphatic rings. The molecule has 0 atom stereocenters. The second-order valence-corrected chi connectivity index (χ2v) is 6.81. The number of rotatable bonds is 6. The summed E-state index contributed by atoms with van der Waals surface area (Å²) in [4.78, 5) is 38.0. The Kier molecular flexibility index (Phi) is 6.01. The van der Waals surface area contributed by atoms with Crippen LogP contribution in [-0.4, -0.2) is 31.5 Å². The quantitative estimate of drug-likeness (QED) is 0.587. The first kappa shape index (κ1) is 20.9. The molecule has 0 radical (unpaired) electrons. The summed E-state index contributed by atoms with van der Waals surface area (Å²) in [5.74, 6) is -0.999. The van der Waals surface area contributed by atoms with E-state index < -0.39 is 11.9 Å². The zero-order valence-electron chi connectivity index (χ0n) is 17.0. The van der Waals surface area contributed by atoms with Crippen LogP contribution in [0, 0.1) is 6.92 Å². The summed E-state index contributed by atoms with van der Waals surface area (Å²) >= 11 is 0. The minimum Gasteiger partial charge on any atom is -0.484 e. The van der Waals surface area contributed by atoms with Crippen LogP contribution in [0.5, 0.6) is 5.75 Å². The summed E-state index contributed by atoms with van der Waals surface area (Å²) in [7, 11) is 1.28. The fourth-order valence-electron chi connectivity index (χ4n) is 3.17. The summed E-state index contributed by atoms with van der Waals surface area (Å²) in [6.07, 6.45) is 1.63. The van der Waals surface area contributed by atoms with E-state index in [1.165, 1.54) is 12.0 Å². The van der Waals surface area contributed by atoms with E-state index in [2.05, 4.69) is 0 Å². The molecule has 0 saturated heterocycles. The fourth-order valence-corrected chi connectivity index (χ4v) is 3.17. The van der Waals surface area contributed by atoms with Crippen LogP contribution < -0.4 is 15.4 Å². The highest BCUT2D eigenvalue weighted by Gasteiger charge is 2.37. The van der Waals surface area contributed by atoms with Crippen LogP contribution in [0.25, 0.3) is 6.08 Å². The summed E-state index contributed by atoms with van der Waals surface area (Å²) in [6, 6.07) is 14.2. The van der Waals surface area contributed by atoms with Gasteiger partial charge >= 0.3 is 5.97 Å². The maximum absolute atomic E-state index is 13.2. The highest BCUT2D eigenvalue weighted by molar-refractivity contribution is 6.23. The molecule has 0 saturated carbocycles. The molecule has 7 nitrogen and oxygen atoms in total. The number of ether oxygens (including phenoxy) is 2. The Bertz CT molecular complexity index is 1050. The van der Waals surface area contributed by atoms with Crippen molar-refractivity contribution in [2.24, 2.45) is 5.73 Å². The van der Waals surface area contributed by atoms with Crippen molar-refractivity contribution in [3.8, 4) is 5.75 Å². The number of esters is 1. The van der Waals surface area contributed by atoms with Gasteiger partial charge in [-0.15, -0.1) is 0 Å². The number of anilines is 1. The van der Waals surface area contributed by atoms with Crippen molar-refractivity contribution in [2.45, 2.75) is 13.8 Å². The largest absolute Gasteiger partial charge is 0.484 e. The number of carbonyl (C=O) groups is 3. The molecule has 2 aromatic carbocycles. The number of carbonyl (C=O) groups excluding carboxylic acids is 3. The van der Waals surface area contributed by atoms with E-state index in [-0.39, 0.29) is 23.7 Å². The molecule has 2 amide bonds. The third kappa shape index (κ3) is 4.25. The lowest BCUT2D eigenvalue weighted by Crippen LogP contribution is -2.24. The minimum absolute atomic E-state index is 0.220. The first-order valence-electron chi connectivity index (χ1n) is 9.25. The molecule has 154 valence electrons. The molecular formula is C23H22N2O5. The molecule has 2 N–H and O–H groups in total. The van der Waals surface area contributed by atoms with Gasteiger partial charge in [0.2, 0.25) is 0 Å². The zero-order valence-corrected chi connectivity index (χ0v) is 17.0. The number of benzene rings is 2. The Hall–Kier alpha value is -3.87. The van der Waals surface area contributed by atoms with Gasteiger partial charge in [-0.1, -0.05) is 29.8 Å². The number of hydrogen-bond acceptors (Lipinski definition) is 5. The van der Waals surface area contributed by atoms with Gasteiger partial charge in [-0.05, 0) is 49.8 Å². The standard InChI is InChI=1S/C23H22N2O5/c1-14-4-8-17(9-5-14)25-15(2)21(23(28)29-3)19(22(25)27)12-16-6-10-18(11-7-16)30-13-20(24)26/h4-12H,13H2,1-3H3,(H2,24,26)/b19-12-. The molecule has 0 aromatic heterocycles. The van der Waals surface area contributed by atoms with Gasteiger partial charge in [-0.3, -0.25) is 14.5 Å². The molecule has 1 heterocycles. The van der Waals surface area contributed by atoms with Crippen molar-refractivity contribution in [1.29, 1.82) is 0 Å². The summed E-state index contributed by atoms with van der Waals surface area (Å²) in [5, 5.41) is 0. The van der Waals surface area contributed by atoms with Crippen molar-refractivity contribution < 1.29 is 23.9 Å². The summed E-state index contributed by atoms with van der Waals surface area (Å²) in [6.45, 7) is 3.45. The summed E-state index contributed by atoms with van der Waals surface area (Å²) < 4.78 is 10.2. The predicted octanol–water partition coefficient (Wildman–Crippen LogP) is 2.74. The van der Waals surface area contributed by atoms with Crippen LogP contribution in [0.4, 0.5) is 5.69 Å². The Morgan fingerprint density at radius 2 is 1.67 bits per heavy atom. The van der Waals surface area contributed by atoms with E-state index in [0.717, 1.165) is 5.56 Å². The second kappa shape index (κ2) is 8.65. The van der Waals surface area contributed by atoms with Gasteiger partial charge in [0.15, 0.2) is 6.61 Å². The molecule has 1 aliphatic heterocycles. The molecule has 0 aliphatic carbocycles. The van der Waals surface area contributed by atoms with E-state index in [1.54, 1.807) is 37.3 Å². The number of methoxy groups -OCH3 is 1. The van der Waals surface area contributed by atoms with Crippen molar-refractivity contribution >= 4 is 29.5 Å². The predicted molar refractivity (Wildman–Crippen MR) is 112 cm³/mol. The van der Waals surface area contributed by atoms with Crippen molar-refractivity contribution in [3.05, 3.63) is 76.5 Å². The Labute approximate surface area is 174 Å². The maximum atomic E-state index is 13.2. The number of nitrogens with two attached hydrogens (primary N) is 1. The maximum Gasteiger partial charge on any atom is 0.340 e. The van der Waals surface area contributed by atoms with Gasteiger partial charge in [0, 0.05) is 11.4 Å². The molecule has 0 bridgehead atoms. The highest BCUT2D eigenvalue weighted by atomic mass is 16.5. The number of amides is 2. The van der Waals surface area contributed by atoms with E-state index in [0.29, 0.717) is 22.7 Å². The average Bonchev–Trinajstić information content (AvgIpc) is 2.97. The van der Waals surface area contributed by atoms with Crippen LogP contribution in [0.2, 0.25) is 0 Å². The van der Waals surface area contributed by atoms with E-state index in [1.807, 2.05) is 31.2 Å². The molecule has 0 spiro atoms. The Morgan fingerprint density at radius 1 is 1.03 bits per heavy atom. The van der Waals surface area contributed by atoms with E-state index >= 15 is 0 Å². The van der Waals surface area contributed by atoms with Gasteiger partial charge in [0.25, 0.3) is 11.8 Å². The molecule has 2 aromatic rings. The Balaban J connectivity index is 1.98. The van der Waals surface area contributed by atoms with Crippen LogP contribution in [0.15, 0.2) is 65.4 Å². The number of primary amides is 1. The lowest BCUT2D eigenvalue weighted by atomic mass is 10.0. The average molecular weight is 406 g/mol. The zero-order chi connectivity index (χ0) is 21.8. The first-order valence-corrected chi connectivity index (χ1v) is 9.25. The van der Waals surface area contributed by atoms with Crippen LogP contribution in [-0.2, 0) is 19.1 Å². The van der Waals surface area contributed by atoms with Gasteiger partial charge in [0.05, 0.1) is 18.3 Å². The van der Waals surface area contributed by atoms with Crippen molar-refractivity contribution in [2.75, 3.05) is 18.6 Å². The van der Waals surface area contributed by atoms with Crippen molar-refractivity contribution in [3.63, 3.8) is 0 Å². The topological polar surface area (TPSA) is 98.9 Å². The Morgan fingerprint density at radius 3 is 2.23 bits per heavy atom. The first-order chi connectivity index (χ1) is 14.3. The lowest BCUT2D eigenvalue weighted by molar-refractivity contribution is -0.136. The highest BCUT2D eigenvalue weighted by Crippen LogP contribution is 2.35. The van der Waals surface area contributed by atoms with Crippen LogP contribution in [0.1, 0.15) is 18.1 Å². The SMILES string of the molecule is COC(=O)C1=C(C)N(c2ccc(C)cc2)C(=O)/C1=C\c1ccc(OCC(N)=O)cc1. The van der Waals surface area contributed by atoms with Crippen molar-refractivity contribution in [1.82, 2.24) is 0 Å². The van der Waals surface area contributed by atoms with Gasteiger partial charge in [-0.2, -0.15) is 0 Å². The van der Waals surface area contributed by atoms with Gasteiger partial charge < -0.3 is 15.2 Å². The molecule has 3 rings (SSSR count). The number of aryl methyl sites for hydroxylation is 1. The number of nitrogens with zero attached hydrogens (tertiary/aromatic N) is 1. The lowest BCUT2D eigenvalue weighted by Gasteiger charge is -2.18. The number of hydrogen-bond donors (Lipinski definition) is 1. The molecule has 0 fully saturated rings. The minimum atomic E-state index is -0.580. The van der Waals surface area contributed by atoms with Gasteiger partial charge in [-0.25, -0.2) is 4.79 Å². The smallest absolute Gasteiger partial charge is 0.340 e. The molecule has 30 heavy (non-hydrogen) atoms. The molecule has 0 unspecified atom stereocenters. The van der Waals surface area contributed by atoms with Crippen LogP contribution in [0.3, 0.4) is 0 Å². The van der Waals surface area contributed by atoms with Gasteiger partial charge in [0.1, 0.15) is 5.75 Å². The third-order valence-corrected chi connectivity index (χ3v) is 4.65. The monoisotopic (exact) mass is 406 g/mol. The molecular weight excluding hydrogens is 384 g/mol. The normalized spacial score (nSPS) is 15.0. The van der Waals surface area contributed by atoms with Crippen LogP contribution >= 0.6 is 0 Å². The fraction of sp³-hybridized carbons (Fsp3) is 0.174. The van der Waals surface area contributed by atoms with E-state index in [9.17, 15) is 14.4 Å². The summed E-state index contributed by atoms with van der Waals surface area (Å²) in [5.41, 5.74) is 8.45.